The van der Waals surface area contributed by atoms with Crippen LogP contribution in [0.4, 0.5) is 5.69 Å². The number of carbonyl (C=O) groups is 2. The van der Waals surface area contributed by atoms with E-state index in [1.807, 2.05) is 0 Å². The number of hydrogen-bond donors (Lipinski definition) is 1. The number of non-ortho nitro benzene ring substituents is 1. The first kappa shape index (κ1) is 19.0. The molecule has 9 heteroatoms. The smallest absolute Gasteiger partial charge is 0.290 e. The highest BCUT2D eigenvalue weighted by Crippen LogP contribution is 2.38. The zero-order chi connectivity index (χ0) is 19.6. The SMILES string of the molecule is CC(=O)C1=C(O)C(=O)N(CCN2CCOCC2)C1c1cccc([N+](=O)[O-])c1. The van der Waals surface area contributed by atoms with Gasteiger partial charge in [-0.3, -0.25) is 24.6 Å². The number of benzene rings is 1. The van der Waals surface area contributed by atoms with Crippen molar-refractivity contribution in [3.05, 3.63) is 51.3 Å². The quantitative estimate of drug-likeness (QED) is 0.587. The summed E-state index contributed by atoms with van der Waals surface area (Å²) in [7, 11) is 0. The summed E-state index contributed by atoms with van der Waals surface area (Å²) >= 11 is 0. The first-order valence-electron chi connectivity index (χ1n) is 8.69. The predicted molar refractivity (Wildman–Crippen MR) is 95.1 cm³/mol. The fourth-order valence-corrected chi connectivity index (χ4v) is 3.47. The van der Waals surface area contributed by atoms with Crippen molar-refractivity contribution in [3.8, 4) is 0 Å². The molecule has 1 amide bonds. The summed E-state index contributed by atoms with van der Waals surface area (Å²) in [5.41, 5.74) is 0.263. The van der Waals surface area contributed by atoms with Gasteiger partial charge in [-0.15, -0.1) is 0 Å². The number of nitrogens with zero attached hydrogens (tertiary/aromatic N) is 3. The Morgan fingerprint density at radius 3 is 2.67 bits per heavy atom. The van der Waals surface area contributed by atoms with E-state index < -0.39 is 28.4 Å². The van der Waals surface area contributed by atoms with Crippen molar-refractivity contribution < 1.29 is 24.4 Å². The molecule has 0 saturated carbocycles. The minimum Gasteiger partial charge on any atom is -0.503 e. The molecule has 1 aromatic rings. The maximum Gasteiger partial charge on any atom is 0.290 e. The fourth-order valence-electron chi connectivity index (χ4n) is 3.47. The van der Waals surface area contributed by atoms with Gasteiger partial charge in [-0.05, 0) is 12.5 Å². The van der Waals surface area contributed by atoms with Crippen LogP contribution >= 0.6 is 0 Å². The lowest BCUT2D eigenvalue weighted by atomic mass is 9.96. The first-order chi connectivity index (χ1) is 12.9. The maximum absolute atomic E-state index is 12.6. The molecule has 0 aromatic heterocycles. The van der Waals surface area contributed by atoms with Crippen molar-refractivity contribution in [1.29, 1.82) is 0 Å². The number of hydrogen-bond acceptors (Lipinski definition) is 7. The number of rotatable bonds is 6. The van der Waals surface area contributed by atoms with Gasteiger partial charge in [0.05, 0.1) is 29.8 Å². The third-order valence-corrected chi connectivity index (χ3v) is 4.84. The number of amides is 1. The van der Waals surface area contributed by atoms with Crippen molar-refractivity contribution in [2.75, 3.05) is 39.4 Å². The molecule has 2 aliphatic rings. The van der Waals surface area contributed by atoms with Gasteiger partial charge in [0.1, 0.15) is 0 Å². The number of ketones is 1. The van der Waals surface area contributed by atoms with Gasteiger partial charge in [-0.1, -0.05) is 12.1 Å². The van der Waals surface area contributed by atoms with Gasteiger partial charge in [0.2, 0.25) is 0 Å². The molecule has 3 rings (SSSR count). The van der Waals surface area contributed by atoms with E-state index >= 15 is 0 Å². The standard InChI is InChI=1S/C18H21N3O6/c1-12(22)15-16(13-3-2-4-14(11-13)21(25)26)20(18(24)17(15)23)6-5-19-7-9-27-10-8-19/h2-4,11,16,23H,5-10H2,1H3. The van der Waals surface area contributed by atoms with Crippen molar-refractivity contribution in [2.45, 2.75) is 13.0 Å². The molecule has 2 heterocycles. The highest BCUT2D eigenvalue weighted by atomic mass is 16.6. The third kappa shape index (κ3) is 3.83. The maximum atomic E-state index is 12.6. The average Bonchev–Trinajstić information content (AvgIpc) is 2.92. The fraction of sp³-hybridized carbons (Fsp3) is 0.444. The van der Waals surface area contributed by atoms with E-state index in [4.69, 9.17) is 4.74 Å². The van der Waals surface area contributed by atoms with Gasteiger partial charge >= 0.3 is 0 Å². The van der Waals surface area contributed by atoms with Crippen LogP contribution in [0.15, 0.2) is 35.6 Å². The molecular weight excluding hydrogens is 354 g/mol. The lowest BCUT2D eigenvalue weighted by molar-refractivity contribution is -0.384. The molecule has 0 bridgehead atoms. The van der Waals surface area contributed by atoms with E-state index in [0.717, 1.165) is 13.1 Å². The summed E-state index contributed by atoms with van der Waals surface area (Å²) < 4.78 is 5.31. The van der Waals surface area contributed by atoms with Crippen LogP contribution < -0.4 is 0 Å². The number of aliphatic hydroxyl groups excluding tert-OH is 1. The molecule has 0 aliphatic carbocycles. The Morgan fingerprint density at radius 2 is 2.04 bits per heavy atom. The van der Waals surface area contributed by atoms with Gasteiger partial charge in [0.25, 0.3) is 11.6 Å². The molecule has 144 valence electrons. The Kier molecular flexibility index (Phi) is 5.52. The summed E-state index contributed by atoms with van der Waals surface area (Å²) in [6.07, 6.45) is 0. The monoisotopic (exact) mass is 375 g/mol. The van der Waals surface area contributed by atoms with Crippen molar-refractivity contribution in [3.63, 3.8) is 0 Å². The molecule has 0 spiro atoms. The summed E-state index contributed by atoms with van der Waals surface area (Å²) in [5, 5.41) is 21.3. The van der Waals surface area contributed by atoms with E-state index in [1.165, 1.54) is 30.0 Å². The first-order valence-corrected chi connectivity index (χ1v) is 8.69. The van der Waals surface area contributed by atoms with E-state index in [9.17, 15) is 24.8 Å². The molecule has 1 fully saturated rings. The topological polar surface area (TPSA) is 113 Å². The van der Waals surface area contributed by atoms with Crippen molar-refractivity contribution in [2.24, 2.45) is 0 Å². The minimum atomic E-state index is -0.837. The summed E-state index contributed by atoms with van der Waals surface area (Å²) in [4.78, 5) is 38.8. The number of ether oxygens (including phenoxy) is 1. The second-order valence-electron chi connectivity index (χ2n) is 6.53. The van der Waals surface area contributed by atoms with Gasteiger partial charge in [-0.25, -0.2) is 0 Å². The van der Waals surface area contributed by atoms with Crippen LogP contribution in [0.1, 0.15) is 18.5 Å². The molecule has 1 atom stereocenters. The van der Waals surface area contributed by atoms with E-state index in [-0.39, 0.29) is 17.8 Å². The van der Waals surface area contributed by atoms with Crippen LogP contribution in [0.3, 0.4) is 0 Å². The molecule has 1 N–H and O–H groups in total. The van der Waals surface area contributed by atoms with Crippen LogP contribution in [0, 0.1) is 10.1 Å². The zero-order valence-corrected chi connectivity index (χ0v) is 15.0. The Labute approximate surface area is 156 Å². The summed E-state index contributed by atoms with van der Waals surface area (Å²) in [6.45, 7) is 4.82. The van der Waals surface area contributed by atoms with Gasteiger partial charge in [0, 0.05) is 38.3 Å². The zero-order valence-electron chi connectivity index (χ0n) is 15.0. The van der Waals surface area contributed by atoms with Crippen LogP contribution in [-0.4, -0.2) is 70.9 Å². The predicted octanol–water partition coefficient (Wildman–Crippen LogP) is 1.21. The number of Topliss-reactive ketones (excluding diaryl/α,β-unsaturated/α-hetero) is 1. The molecule has 1 unspecified atom stereocenters. The molecule has 1 aromatic carbocycles. The lowest BCUT2D eigenvalue weighted by Gasteiger charge is -2.31. The largest absolute Gasteiger partial charge is 0.503 e. The van der Waals surface area contributed by atoms with Crippen molar-refractivity contribution >= 4 is 17.4 Å². The second kappa shape index (κ2) is 7.85. The Balaban J connectivity index is 1.91. The summed E-state index contributed by atoms with van der Waals surface area (Å²) in [5.74, 6) is -1.66. The molecule has 27 heavy (non-hydrogen) atoms. The van der Waals surface area contributed by atoms with Gasteiger partial charge in [-0.2, -0.15) is 0 Å². The highest BCUT2D eigenvalue weighted by Gasteiger charge is 2.42. The average molecular weight is 375 g/mol. The van der Waals surface area contributed by atoms with Crippen LogP contribution in [-0.2, 0) is 14.3 Å². The number of nitro groups is 1. The van der Waals surface area contributed by atoms with Crippen LogP contribution in [0.25, 0.3) is 0 Å². The van der Waals surface area contributed by atoms with Crippen LogP contribution in [0.2, 0.25) is 0 Å². The number of aliphatic hydroxyl groups is 1. The molecule has 2 aliphatic heterocycles. The van der Waals surface area contributed by atoms with E-state index in [0.29, 0.717) is 25.3 Å². The van der Waals surface area contributed by atoms with Crippen LogP contribution in [0.5, 0.6) is 0 Å². The Bertz CT molecular complexity index is 800. The van der Waals surface area contributed by atoms with Gasteiger partial charge in [0.15, 0.2) is 11.5 Å². The van der Waals surface area contributed by atoms with E-state index in [1.54, 1.807) is 6.07 Å². The molecule has 0 radical (unpaired) electrons. The number of nitro benzene ring substituents is 1. The number of carbonyl (C=O) groups excluding carboxylic acids is 2. The molecule has 9 nitrogen and oxygen atoms in total. The second-order valence-corrected chi connectivity index (χ2v) is 6.53. The normalized spacial score (nSPS) is 21.0. The minimum absolute atomic E-state index is 0.0255. The summed E-state index contributed by atoms with van der Waals surface area (Å²) in [6, 6.07) is 4.96. The van der Waals surface area contributed by atoms with E-state index in [2.05, 4.69) is 4.90 Å². The lowest BCUT2D eigenvalue weighted by Crippen LogP contribution is -2.43. The molecular formula is C18H21N3O6. The van der Waals surface area contributed by atoms with Crippen molar-refractivity contribution in [1.82, 2.24) is 9.80 Å². The number of morpholine rings is 1. The molecule has 1 saturated heterocycles. The van der Waals surface area contributed by atoms with Gasteiger partial charge < -0.3 is 14.7 Å². The Hall–Kier alpha value is -2.78. The highest BCUT2D eigenvalue weighted by molar-refractivity contribution is 6.08. The Morgan fingerprint density at radius 1 is 1.33 bits per heavy atom. The third-order valence-electron chi connectivity index (χ3n) is 4.84.